The van der Waals surface area contributed by atoms with Crippen molar-refractivity contribution in [2.75, 3.05) is 7.11 Å². The second kappa shape index (κ2) is 15.0. The molecule has 3 aromatic carbocycles. The lowest BCUT2D eigenvalue weighted by molar-refractivity contribution is -0.151. The lowest BCUT2D eigenvalue weighted by Gasteiger charge is -2.30. The van der Waals surface area contributed by atoms with Crippen molar-refractivity contribution in [1.29, 1.82) is 0 Å². The average Bonchev–Trinajstić information content (AvgIpc) is 3.07. The number of carbonyl (C=O) groups is 5. The number of carboxylic acids is 1. The van der Waals surface area contributed by atoms with Gasteiger partial charge in [-0.25, -0.2) is 19.2 Å². The SMILES string of the molecule is COC1=CC(=O)C=C(C)[C@]1(O)C(=O)Oc1c(C)c(C)c(C(=O)Oc2cc(C)c(C(=O)Oc3c(C)c(C)c(C(=O)O)c(C)c3C)c(C)c2C(F)(F)F)c(O)c1Br. The van der Waals surface area contributed by atoms with Crippen LogP contribution in [-0.2, 0) is 20.5 Å². The molecule has 0 fully saturated rings. The number of hydrogen-bond acceptors (Lipinski definition) is 11. The summed E-state index contributed by atoms with van der Waals surface area (Å²) in [6.45, 7) is 12.3. The predicted octanol–water partition coefficient (Wildman–Crippen LogP) is 7.47. The molecule has 1 aliphatic carbocycles. The number of aromatic carboxylic acids is 1. The smallest absolute Gasteiger partial charge is 0.420 e. The number of phenolic OH excluding ortho intramolecular Hbond substituents is 1. The number of rotatable bonds is 8. The topological polar surface area (TPSA) is 183 Å². The van der Waals surface area contributed by atoms with E-state index in [0.717, 1.165) is 32.3 Å². The molecule has 0 unspecified atom stereocenters. The highest BCUT2D eigenvalue weighted by molar-refractivity contribution is 9.10. The van der Waals surface area contributed by atoms with E-state index in [0.29, 0.717) is 22.3 Å². The third kappa shape index (κ3) is 7.23. The number of esters is 3. The molecule has 16 heteroatoms. The van der Waals surface area contributed by atoms with Gasteiger partial charge in [0.15, 0.2) is 11.5 Å². The Morgan fingerprint density at radius 3 is 1.75 bits per heavy atom. The van der Waals surface area contributed by atoms with Crippen LogP contribution in [0.4, 0.5) is 13.2 Å². The molecule has 12 nitrogen and oxygen atoms in total. The maximum atomic E-state index is 14.7. The molecule has 0 aliphatic heterocycles. The van der Waals surface area contributed by atoms with Crippen molar-refractivity contribution in [2.24, 2.45) is 0 Å². The van der Waals surface area contributed by atoms with Crippen molar-refractivity contribution in [1.82, 2.24) is 0 Å². The molecular weight excluding hydrogens is 797 g/mol. The van der Waals surface area contributed by atoms with Crippen molar-refractivity contribution in [3.05, 3.63) is 101 Å². The third-order valence-corrected chi connectivity index (χ3v) is 10.5. The summed E-state index contributed by atoms with van der Waals surface area (Å²) >= 11 is 3.06. The first-order valence-corrected chi connectivity index (χ1v) is 17.1. The Morgan fingerprint density at radius 2 is 1.24 bits per heavy atom. The molecule has 3 aromatic rings. The van der Waals surface area contributed by atoms with Gasteiger partial charge < -0.3 is 34.3 Å². The Kier molecular flexibility index (Phi) is 11.5. The molecule has 0 spiro atoms. The van der Waals surface area contributed by atoms with Gasteiger partial charge in [-0.2, -0.15) is 13.2 Å². The minimum Gasteiger partial charge on any atom is -0.506 e. The third-order valence-electron chi connectivity index (χ3n) is 9.79. The van der Waals surface area contributed by atoms with Crippen LogP contribution in [0, 0.1) is 55.4 Å². The van der Waals surface area contributed by atoms with Crippen molar-refractivity contribution in [2.45, 2.75) is 74.1 Å². The molecule has 3 N–H and O–H groups in total. The van der Waals surface area contributed by atoms with Crippen molar-refractivity contribution in [3.8, 4) is 23.0 Å². The summed E-state index contributed by atoms with van der Waals surface area (Å²) in [6, 6.07) is 0.824. The summed E-state index contributed by atoms with van der Waals surface area (Å²) in [5.74, 6) is -8.42. The number of allylic oxidation sites excluding steroid dienone is 2. The van der Waals surface area contributed by atoms with E-state index < -0.39 is 85.4 Å². The van der Waals surface area contributed by atoms with Crippen LogP contribution in [0.25, 0.3) is 0 Å². The van der Waals surface area contributed by atoms with Gasteiger partial charge in [-0.05, 0) is 140 Å². The molecule has 1 atom stereocenters. The fourth-order valence-electron chi connectivity index (χ4n) is 6.45. The Hall–Kier alpha value is -5.48. The van der Waals surface area contributed by atoms with Crippen LogP contribution >= 0.6 is 15.9 Å². The van der Waals surface area contributed by atoms with E-state index in [2.05, 4.69) is 15.9 Å². The van der Waals surface area contributed by atoms with Gasteiger partial charge in [0, 0.05) is 6.08 Å². The zero-order valence-electron chi connectivity index (χ0n) is 31.3. The number of halogens is 4. The molecule has 0 heterocycles. The monoisotopic (exact) mass is 832 g/mol. The molecule has 0 saturated carbocycles. The highest BCUT2D eigenvalue weighted by Crippen LogP contribution is 2.46. The second-order valence-corrected chi connectivity index (χ2v) is 13.8. The van der Waals surface area contributed by atoms with E-state index in [4.69, 9.17) is 18.9 Å². The summed E-state index contributed by atoms with van der Waals surface area (Å²) in [5, 5.41) is 32.0. The molecule has 4 rings (SSSR count). The molecule has 0 bridgehead atoms. The van der Waals surface area contributed by atoms with E-state index in [1.54, 1.807) is 0 Å². The van der Waals surface area contributed by atoms with Crippen LogP contribution in [-0.4, -0.2) is 57.7 Å². The maximum Gasteiger partial charge on any atom is 0.420 e. The minimum atomic E-state index is -5.18. The number of phenols is 1. The zero-order chi connectivity index (χ0) is 41.8. The number of alkyl halides is 3. The standard InChI is InChI=1S/C39H36BrF3O12/c1-14-11-24(29(39(41,42)43)22(9)26(14)35(48)54-32-19(6)16(3)27(34(46)47)17(4)20(32)7)53-36(49)28-18(5)21(8)33(30(40)31(28)45)55-37(50)38(51)15(2)12-23(44)13-25(38)52-10/h11-13,45,51H,1-10H3,(H,46,47)/t38-/m1/s1. The number of hydrogen-bond donors (Lipinski definition) is 3. The van der Waals surface area contributed by atoms with Gasteiger partial charge in [-0.1, -0.05) is 0 Å². The Morgan fingerprint density at radius 1 is 0.727 bits per heavy atom. The summed E-state index contributed by atoms with van der Waals surface area (Å²) in [7, 11) is 1.12. The summed E-state index contributed by atoms with van der Waals surface area (Å²) < 4.78 is 65.1. The van der Waals surface area contributed by atoms with Gasteiger partial charge >= 0.3 is 30.1 Å². The Balaban J connectivity index is 1.75. The van der Waals surface area contributed by atoms with E-state index in [1.807, 2.05) is 0 Å². The van der Waals surface area contributed by atoms with Crippen LogP contribution in [0.5, 0.6) is 23.0 Å². The molecule has 1 aliphatic rings. The first-order valence-electron chi connectivity index (χ1n) is 16.3. The first kappa shape index (κ1) is 42.3. The number of aromatic hydroxyl groups is 1. The van der Waals surface area contributed by atoms with E-state index >= 15 is 0 Å². The van der Waals surface area contributed by atoms with Crippen LogP contribution in [0.3, 0.4) is 0 Å². The van der Waals surface area contributed by atoms with Gasteiger partial charge in [0.25, 0.3) is 0 Å². The molecule has 55 heavy (non-hydrogen) atoms. The van der Waals surface area contributed by atoms with Gasteiger partial charge in [-0.15, -0.1) is 0 Å². The zero-order valence-corrected chi connectivity index (χ0v) is 32.8. The average molecular weight is 834 g/mol. The second-order valence-electron chi connectivity index (χ2n) is 13.0. The quantitative estimate of drug-likeness (QED) is 0.151. The van der Waals surface area contributed by atoms with Gasteiger partial charge in [-0.3, -0.25) is 4.79 Å². The lowest BCUT2D eigenvalue weighted by Crippen LogP contribution is -2.47. The summed E-state index contributed by atoms with van der Waals surface area (Å²) in [4.78, 5) is 64.3. The van der Waals surface area contributed by atoms with E-state index in [-0.39, 0.29) is 39.3 Å². The largest absolute Gasteiger partial charge is 0.506 e. The van der Waals surface area contributed by atoms with Crippen LogP contribution in [0.1, 0.15) is 88.1 Å². The maximum absolute atomic E-state index is 14.7. The van der Waals surface area contributed by atoms with Crippen LogP contribution < -0.4 is 14.2 Å². The number of aryl methyl sites for hydroxylation is 1. The van der Waals surface area contributed by atoms with Crippen molar-refractivity contribution >= 4 is 45.6 Å². The molecule has 0 amide bonds. The molecular formula is C39H36BrF3O12. The van der Waals surface area contributed by atoms with E-state index in [1.165, 1.54) is 55.4 Å². The minimum absolute atomic E-state index is 0.00849. The number of carbonyl (C=O) groups excluding carboxylic acids is 4. The highest BCUT2D eigenvalue weighted by atomic mass is 79.9. The van der Waals surface area contributed by atoms with Gasteiger partial charge in [0.2, 0.25) is 5.60 Å². The fourth-order valence-corrected chi connectivity index (χ4v) is 7.03. The van der Waals surface area contributed by atoms with Crippen LogP contribution in [0.15, 0.2) is 34.0 Å². The van der Waals surface area contributed by atoms with Gasteiger partial charge in [0.1, 0.15) is 38.6 Å². The fraction of sp³-hybridized carbons (Fsp3) is 0.308. The van der Waals surface area contributed by atoms with Crippen molar-refractivity contribution in [3.63, 3.8) is 0 Å². The number of carboxylic acid groups (broad SMARTS) is 1. The highest BCUT2D eigenvalue weighted by Gasteiger charge is 2.48. The summed E-state index contributed by atoms with van der Waals surface area (Å²) in [6.07, 6.45) is -3.30. The molecule has 292 valence electrons. The number of methoxy groups -OCH3 is 1. The van der Waals surface area contributed by atoms with Crippen molar-refractivity contribution < 1.29 is 71.4 Å². The summed E-state index contributed by atoms with van der Waals surface area (Å²) in [5.41, 5.74) is -4.78. The molecule has 0 aromatic heterocycles. The molecule has 0 saturated heterocycles. The number of benzene rings is 3. The first-order chi connectivity index (χ1) is 25.3. The van der Waals surface area contributed by atoms with E-state index in [9.17, 15) is 52.5 Å². The normalized spacial score (nSPS) is 15.6. The molecule has 0 radical (unpaired) electrons. The Labute approximate surface area is 321 Å². The Bertz CT molecular complexity index is 2240. The number of ketones is 1. The van der Waals surface area contributed by atoms with Crippen LogP contribution in [0.2, 0.25) is 0 Å². The number of ether oxygens (including phenoxy) is 4. The lowest BCUT2D eigenvalue weighted by atomic mass is 9.87. The van der Waals surface area contributed by atoms with Gasteiger partial charge in [0.05, 0.1) is 18.2 Å². The number of aliphatic hydroxyl groups is 1. The predicted molar refractivity (Wildman–Crippen MR) is 193 cm³/mol.